The van der Waals surface area contributed by atoms with E-state index in [1.165, 1.54) is 5.56 Å². The topological polar surface area (TPSA) is 30.5 Å². The summed E-state index contributed by atoms with van der Waals surface area (Å²) in [5.74, 6) is 1.32. The smallest absolute Gasteiger partial charge is 0.163 e. The van der Waals surface area contributed by atoms with E-state index >= 15 is 0 Å². The van der Waals surface area contributed by atoms with Crippen LogP contribution in [0.1, 0.15) is 29.2 Å². The second-order valence-electron chi connectivity index (χ2n) is 6.92. The zero-order valence-electron chi connectivity index (χ0n) is 16.9. The van der Waals surface area contributed by atoms with Gasteiger partial charge < -0.3 is 14.8 Å². The minimum absolute atomic E-state index is 0.455. The van der Waals surface area contributed by atoms with Gasteiger partial charge >= 0.3 is 0 Å². The Bertz CT molecular complexity index is 971. The van der Waals surface area contributed by atoms with Crippen LogP contribution < -0.4 is 14.8 Å². The summed E-state index contributed by atoms with van der Waals surface area (Å²) in [5, 5.41) is 4.71. The molecule has 3 rings (SSSR count). The number of hydrogen-bond acceptors (Lipinski definition) is 3. The molecule has 0 aliphatic heterocycles. The summed E-state index contributed by atoms with van der Waals surface area (Å²) in [6, 6.07) is 17.9. The van der Waals surface area contributed by atoms with Crippen LogP contribution in [0.4, 0.5) is 5.69 Å². The van der Waals surface area contributed by atoms with Gasteiger partial charge in [-0.1, -0.05) is 59.1 Å². The normalized spacial score (nSPS) is 10.7. The molecule has 0 radical (unpaired) electrons. The van der Waals surface area contributed by atoms with Crippen LogP contribution in [0, 0.1) is 13.8 Å². The molecule has 152 valence electrons. The maximum Gasteiger partial charge on any atom is 0.163 e. The van der Waals surface area contributed by atoms with Crippen LogP contribution in [0.3, 0.4) is 0 Å². The van der Waals surface area contributed by atoms with Crippen molar-refractivity contribution in [1.29, 1.82) is 0 Å². The third-order valence-corrected chi connectivity index (χ3v) is 5.34. The molecule has 0 aromatic heterocycles. The molecule has 0 aliphatic rings. The Morgan fingerprint density at radius 1 is 0.828 bits per heavy atom. The van der Waals surface area contributed by atoms with E-state index in [0.29, 0.717) is 36.3 Å². The second-order valence-corrected chi connectivity index (χ2v) is 7.73. The molecule has 0 fully saturated rings. The zero-order chi connectivity index (χ0) is 20.8. The van der Waals surface area contributed by atoms with Gasteiger partial charge in [0, 0.05) is 28.3 Å². The third kappa shape index (κ3) is 5.81. The van der Waals surface area contributed by atoms with Crippen molar-refractivity contribution in [3.63, 3.8) is 0 Å². The fraction of sp³-hybridized carbons (Fsp3) is 0.250. The molecular formula is C24H25Cl2NO2. The highest BCUT2D eigenvalue weighted by atomic mass is 35.5. The number of hydrogen-bond donors (Lipinski definition) is 1. The molecule has 0 aliphatic carbocycles. The zero-order valence-corrected chi connectivity index (χ0v) is 18.4. The van der Waals surface area contributed by atoms with E-state index in [0.717, 1.165) is 27.4 Å². The standard InChI is InChI=1S/C24H25Cl2NO2/c1-4-28-23-11-19(14-27-20-10-7-17(3)21(25)12-20)22(26)13-24(23)29-15-18-8-5-16(2)6-9-18/h5-13,27H,4,14-15H2,1-3H3. The second kappa shape index (κ2) is 9.91. The van der Waals surface area contributed by atoms with E-state index in [4.69, 9.17) is 32.7 Å². The fourth-order valence-electron chi connectivity index (χ4n) is 2.84. The maximum absolute atomic E-state index is 6.53. The summed E-state index contributed by atoms with van der Waals surface area (Å²) in [7, 11) is 0. The van der Waals surface area contributed by atoms with E-state index in [1.807, 2.05) is 44.2 Å². The van der Waals surface area contributed by atoms with Gasteiger partial charge in [0.2, 0.25) is 0 Å². The molecule has 1 N–H and O–H groups in total. The molecule has 29 heavy (non-hydrogen) atoms. The summed E-state index contributed by atoms with van der Waals surface area (Å²) < 4.78 is 11.8. The number of benzene rings is 3. The molecule has 0 amide bonds. The molecule has 0 heterocycles. The van der Waals surface area contributed by atoms with Gasteiger partial charge in [0.1, 0.15) is 6.61 Å². The first-order chi connectivity index (χ1) is 14.0. The maximum atomic E-state index is 6.53. The number of halogens is 2. The van der Waals surface area contributed by atoms with Gasteiger partial charge in [-0.25, -0.2) is 0 Å². The number of aryl methyl sites for hydroxylation is 2. The van der Waals surface area contributed by atoms with Gasteiger partial charge in [0.25, 0.3) is 0 Å². The van der Waals surface area contributed by atoms with Crippen LogP contribution in [0.15, 0.2) is 54.6 Å². The van der Waals surface area contributed by atoms with Gasteiger partial charge in [-0.05, 0) is 55.7 Å². The van der Waals surface area contributed by atoms with Gasteiger partial charge in [0.05, 0.1) is 6.61 Å². The predicted octanol–water partition coefficient (Wildman–Crippen LogP) is 7.20. The SMILES string of the molecule is CCOc1cc(CNc2ccc(C)c(Cl)c2)c(Cl)cc1OCc1ccc(C)cc1. The quantitative estimate of drug-likeness (QED) is 0.410. The van der Waals surface area contributed by atoms with Crippen molar-refractivity contribution in [3.8, 4) is 11.5 Å². The van der Waals surface area contributed by atoms with E-state index in [1.54, 1.807) is 0 Å². The highest BCUT2D eigenvalue weighted by Gasteiger charge is 2.12. The monoisotopic (exact) mass is 429 g/mol. The summed E-state index contributed by atoms with van der Waals surface area (Å²) >= 11 is 12.7. The van der Waals surface area contributed by atoms with Crippen molar-refractivity contribution >= 4 is 28.9 Å². The first-order valence-electron chi connectivity index (χ1n) is 9.60. The minimum atomic E-state index is 0.455. The first kappa shape index (κ1) is 21.4. The van der Waals surface area contributed by atoms with Crippen molar-refractivity contribution in [2.75, 3.05) is 11.9 Å². The van der Waals surface area contributed by atoms with E-state index in [9.17, 15) is 0 Å². The summed E-state index contributed by atoms with van der Waals surface area (Å²) in [4.78, 5) is 0. The first-order valence-corrected chi connectivity index (χ1v) is 10.4. The summed E-state index contributed by atoms with van der Waals surface area (Å²) in [6.07, 6.45) is 0. The minimum Gasteiger partial charge on any atom is -0.490 e. The van der Waals surface area contributed by atoms with E-state index in [-0.39, 0.29) is 0 Å². The average Bonchev–Trinajstić information content (AvgIpc) is 2.70. The fourth-order valence-corrected chi connectivity index (χ4v) is 3.24. The molecular weight excluding hydrogens is 405 g/mol. The van der Waals surface area contributed by atoms with Crippen LogP contribution in [0.2, 0.25) is 10.0 Å². The van der Waals surface area contributed by atoms with Crippen molar-refractivity contribution in [2.45, 2.75) is 33.9 Å². The molecule has 3 aromatic carbocycles. The number of anilines is 1. The van der Waals surface area contributed by atoms with Crippen LogP contribution >= 0.6 is 23.2 Å². The lowest BCUT2D eigenvalue weighted by Crippen LogP contribution is -2.04. The summed E-state index contributed by atoms with van der Waals surface area (Å²) in [6.45, 7) is 7.54. The van der Waals surface area contributed by atoms with E-state index < -0.39 is 0 Å². The largest absolute Gasteiger partial charge is 0.490 e. The number of nitrogens with one attached hydrogen (secondary N) is 1. The number of ether oxygens (including phenoxy) is 2. The molecule has 0 unspecified atom stereocenters. The van der Waals surface area contributed by atoms with Crippen LogP contribution in [0.5, 0.6) is 11.5 Å². The molecule has 5 heteroatoms. The molecule has 0 atom stereocenters. The Hall–Kier alpha value is -2.36. The average molecular weight is 430 g/mol. The highest BCUT2D eigenvalue weighted by Crippen LogP contribution is 2.35. The lowest BCUT2D eigenvalue weighted by Gasteiger charge is -2.16. The molecule has 3 aromatic rings. The van der Waals surface area contributed by atoms with E-state index in [2.05, 4.69) is 36.5 Å². The Kier molecular flexibility index (Phi) is 7.29. The Morgan fingerprint density at radius 2 is 1.55 bits per heavy atom. The van der Waals surface area contributed by atoms with Crippen LogP contribution in [-0.4, -0.2) is 6.61 Å². The van der Waals surface area contributed by atoms with Gasteiger partial charge in [0.15, 0.2) is 11.5 Å². The molecule has 0 saturated carbocycles. The van der Waals surface area contributed by atoms with Crippen LogP contribution in [0.25, 0.3) is 0 Å². The highest BCUT2D eigenvalue weighted by molar-refractivity contribution is 6.32. The third-order valence-electron chi connectivity index (χ3n) is 4.58. The van der Waals surface area contributed by atoms with Crippen molar-refractivity contribution in [2.24, 2.45) is 0 Å². The summed E-state index contributed by atoms with van der Waals surface area (Å²) in [5.41, 5.74) is 5.22. The lowest BCUT2D eigenvalue weighted by molar-refractivity contribution is 0.269. The van der Waals surface area contributed by atoms with Gasteiger partial charge in [-0.2, -0.15) is 0 Å². The van der Waals surface area contributed by atoms with Crippen molar-refractivity contribution < 1.29 is 9.47 Å². The van der Waals surface area contributed by atoms with Crippen molar-refractivity contribution in [3.05, 3.63) is 86.9 Å². The molecule has 0 spiro atoms. The molecule has 0 bridgehead atoms. The van der Waals surface area contributed by atoms with Crippen molar-refractivity contribution in [1.82, 2.24) is 0 Å². The Labute approximate surface area is 182 Å². The van der Waals surface area contributed by atoms with Gasteiger partial charge in [-0.15, -0.1) is 0 Å². The molecule has 0 saturated heterocycles. The predicted molar refractivity (Wildman–Crippen MR) is 122 cm³/mol. The Balaban J connectivity index is 1.74. The number of rotatable bonds is 8. The van der Waals surface area contributed by atoms with Crippen LogP contribution in [-0.2, 0) is 13.2 Å². The lowest BCUT2D eigenvalue weighted by atomic mass is 10.1. The van der Waals surface area contributed by atoms with Gasteiger partial charge in [-0.3, -0.25) is 0 Å². The Morgan fingerprint density at radius 3 is 2.24 bits per heavy atom. The molecule has 3 nitrogen and oxygen atoms in total.